The molecular formula is C24H26N4O2. The number of amides is 1. The number of H-pyrrole nitrogens is 1. The molecule has 0 spiro atoms. The van der Waals surface area contributed by atoms with Crippen LogP contribution in [0.25, 0.3) is 16.6 Å². The number of nitrogens with zero attached hydrogens (tertiary/aromatic N) is 2. The quantitative estimate of drug-likeness (QED) is 0.479. The highest BCUT2D eigenvalue weighted by Crippen LogP contribution is 2.24. The molecule has 0 aliphatic heterocycles. The lowest BCUT2D eigenvalue weighted by Gasteiger charge is -2.08. The van der Waals surface area contributed by atoms with Crippen LogP contribution in [-0.2, 0) is 6.42 Å². The van der Waals surface area contributed by atoms with E-state index in [0.717, 1.165) is 40.0 Å². The number of methoxy groups -OCH3 is 1. The average Bonchev–Trinajstić information content (AvgIpc) is 3.39. The van der Waals surface area contributed by atoms with Gasteiger partial charge in [-0.2, -0.15) is 5.10 Å². The van der Waals surface area contributed by atoms with Gasteiger partial charge in [-0.3, -0.25) is 4.79 Å². The number of aromatic amines is 1. The third kappa shape index (κ3) is 3.94. The Hall–Kier alpha value is -3.54. The van der Waals surface area contributed by atoms with Gasteiger partial charge in [-0.15, -0.1) is 0 Å². The van der Waals surface area contributed by atoms with E-state index in [1.54, 1.807) is 11.8 Å². The van der Waals surface area contributed by atoms with Crippen molar-refractivity contribution in [3.63, 3.8) is 0 Å². The fourth-order valence-corrected chi connectivity index (χ4v) is 3.50. The first-order chi connectivity index (χ1) is 14.6. The number of para-hydroxylation sites is 1. The number of benzene rings is 2. The van der Waals surface area contributed by atoms with E-state index in [0.29, 0.717) is 12.2 Å². The number of hydrogen-bond donors (Lipinski definition) is 2. The number of rotatable bonds is 7. The van der Waals surface area contributed by atoms with Crippen LogP contribution in [0.3, 0.4) is 0 Å². The van der Waals surface area contributed by atoms with Gasteiger partial charge in [0.25, 0.3) is 5.91 Å². The zero-order valence-corrected chi connectivity index (χ0v) is 17.5. The second kappa shape index (κ2) is 8.45. The minimum absolute atomic E-state index is 0.129. The molecule has 2 aromatic heterocycles. The molecule has 0 saturated heterocycles. The van der Waals surface area contributed by atoms with Gasteiger partial charge in [-0.1, -0.05) is 32.0 Å². The summed E-state index contributed by atoms with van der Waals surface area (Å²) in [5, 5.41) is 8.82. The Balaban J connectivity index is 1.51. The minimum Gasteiger partial charge on any atom is -0.497 e. The van der Waals surface area contributed by atoms with Gasteiger partial charge in [-0.25, -0.2) is 4.68 Å². The highest BCUT2D eigenvalue weighted by atomic mass is 16.5. The predicted octanol–water partition coefficient (Wildman–Crippen LogP) is 4.46. The van der Waals surface area contributed by atoms with E-state index in [9.17, 15) is 4.79 Å². The number of carbonyl (C=O) groups excluding carboxylic acids is 1. The maximum absolute atomic E-state index is 13.0. The number of carbonyl (C=O) groups is 1. The normalized spacial score (nSPS) is 11.2. The zero-order valence-electron chi connectivity index (χ0n) is 17.5. The van der Waals surface area contributed by atoms with Crippen molar-refractivity contribution in [3.05, 3.63) is 77.7 Å². The Bertz CT molecular complexity index is 1160. The van der Waals surface area contributed by atoms with Crippen LogP contribution in [0.15, 0.2) is 60.8 Å². The zero-order chi connectivity index (χ0) is 21.1. The molecule has 2 N–H and O–H groups in total. The molecule has 0 atom stereocenters. The van der Waals surface area contributed by atoms with Gasteiger partial charge in [0.1, 0.15) is 11.4 Å². The molecule has 0 unspecified atom stereocenters. The number of fused-ring (bicyclic) bond motifs is 1. The van der Waals surface area contributed by atoms with Gasteiger partial charge < -0.3 is 15.0 Å². The molecule has 0 aliphatic carbocycles. The smallest absolute Gasteiger partial charge is 0.270 e. The van der Waals surface area contributed by atoms with Crippen molar-refractivity contribution in [2.45, 2.75) is 26.2 Å². The van der Waals surface area contributed by atoms with Crippen LogP contribution in [0.4, 0.5) is 0 Å². The number of ether oxygens (including phenoxy) is 1. The minimum atomic E-state index is -0.129. The lowest BCUT2D eigenvalue weighted by molar-refractivity contribution is 0.0946. The van der Waals surface area contributed by atoms with Crippen molar-refractivity contribution in [1.29, 1.82) is 0 Å². The molecule has 4 rings (SSSR count). The summed E-state index contributed by atoms with van der Waals surface area (Å²) >= 11 is 0. The monoisotopic (exact) mass is 402 g/mol. The average molecular weight is 402 g/mol. The summed E-state index contributed by atoms with van der Waals surface area (Å²) in [6.45, 7) is 4.68. The van der Waals surface area contributed by atoms with Gasteiger partial charge in [0.05, 0.1) is 18.5 Å². The first kappa shape index (κ1) is 19.8. The number of aromatic nitrogens is 3. The maximum atomic E-state index is 13.0. The van der Waals surface area contributed by atoms with E-state index in [-0.39, 0.29) is 11.8 Å². The molecule has 6 heteroatoms. The highest BCUT2D eigenvalue weighted by Gasteiger charge is 2.18. The molecule has 0 bridgehead atoms. The van der Waals surface area contributed by atoms with Crippen molar-refractivity contribution < 1.29 is 9.53 Å². The van der Waals surface area contributed by atoms with Crippen molar-refractivity contribution in [3.8, 4) is 11.4 Å². The molecule has 4 aromatic rings. The molecule has 0 aliphatic rings. The van der Waals surface area contributed by atoms with Gasteiger partial charge in [-0.05, 0) is 54.3 Å². The van der Waals surface area contributed by atoms with Crippen molar-refractivity contribution in [2.24, 2.45) is 0 Å². The second-order valence-electron chi connectivity index (χ2n) is 7.59. The van der Waals surface area contributed by atoms with Crippen LogP contribution >= 0.6 is 0 Å². The van der Waals surface area contributed by atoms with Gasteiger partial charge in [0.2, 0.25) is 0 Å². The molecule has 0 fully saturated rings. The van der Waals surface area contributed by atoms with Gasteiger partial charge in [0, 0.05) is 23.6 Å². The summed E-state index contributed by atoms with van der Waals surface area (Å²) in [6, 6.07) is 17.6. The van der Waals surface area contributed by atoms with E-state index >= 15 is 0 Å². The van der Waals surface area contributed by atoms with Gasteiger partial charge in [0.15, 0.2) is 0 Å². The van der Waals surface area contributed by atoms with Crippen LogP contribution in [-0.4, -0.2) is 34.3 Å². The van der Waals surface area contributed by atoms with Crippen LogP contribution in [0, 0.1) is 0 Å². The topological polar surface area (TPSA) is 71.9 Å². The molecular weight excluding hydrogens is 376 g/mol. The summed E-state index contributed by atoms with van der Waals surface area (Å²) in [7, 11) is 1.66. The molecule has 30 heavy (non-hydrogen) atoms. The Morgan fingerprint density at radius 1 is 1.17 bits per heavy atom. The van der Waals surface area contributed by atoms with Crippen LogP contribution in [0.5, 0.6) is 5.75 Å². The van der Waals surface area contributed by atoms with Crippen LogP contribution < -0.4 is 10.1 Å². The Morgan fingerprint density at radius 3 is 2.70 bits per heavy atom. The molecule has 2 aromatic carbocycles. The van der Waals surface area contributed by atoms with Crippen LogP contribution in [0.2, 0.25) is 0 Å². The standard InChI is InChI=1S/C24H26N4O2/c1-16(2)22-14-23(28(27-22)18-7-5-4-6-8-18)24(29)25-12-11-17-15-26-21-10-9-19(30-3)13-20(17)21/h4-10,13-16,26H,11-12H2,1-3H3,(H,25,29). The van der Waals surface area contributed by atoms with Gasteiger partial charge >= 0.3 is 0 Å². The first-order valence-corrected chi connectivity index (χ1v) is 10.1. The largest absolute Gasteiger partial charge is 0.497 e. The molecule has 1 amide bonds. The number of hydrogen-bond acceptors (Lipinski definition) is 3. The lowest BCUT2D eigenvalue weighted by atomic mass is 10.1. The van der Waals surface area contributed by atoms with Crippen LogP contribution in [0.1, 0.15) is 41.5 Å². The Kier molecular flexibility index (Phi) is 5.57. The molecule has 2 heterocycles. The predicted molar refractivity (Wildman–Crippen MR) is 119 cm³/mol. The lowest BCUT2D eigenvalue weighted by Crippen LogP contribution is -2.27. The first-order valence-electron chi connectivity index (χ1n) is 10.1. The van der Waals surface area contributed by atoms with E-state index in [1.165, 1.54) is 0 Å². The molecule has 154 valence electrons. The fraction of sp³-hybridized carbons (Fsp3) is 0.250. The number of nitrogens with one attached hydrogen (secondary N) is 2. The Morgan fingerprint density at radius 2 is 1.97 bits per heavy atom. The Labute approximate surface area is 175 Å². The van der Waals surface area contributed by atoms with Crippen molar-refractivity contribution in [2.75, 3.05) is 13.7 Å². The fourth-order valence-electron chi connectivity index (χ4n) is 3.50. The summed E-state index contributed by atoms with van der Waals surface area (Å²) in [5.41, 5.74) is 4.51. The van der Waals surface area contributed by atoms with Crippen molar-refractivity contribution >= 4 is 16.8 Å². The molecule has 0 saturated carbocycles. The summed E-state index contributed by atoms with van der Waals surface area (Å²) < 4.78 is 7.05. The second-order valence-corrected chi connectivity index (χ2v) is 7.59. The molecule has 6 nitrogen and oxygen atoms in total. The SMILES string of the molecule is COc1ccc2[nH]cc(CCNC(=O)c3cc(C(C)C)nn3-c3ccccc3)c2c1. The summed E-state index contributed by atoms with van der Waals surface area (Å²) in [4.78, 5) is 16.2. The van der Waals surface area contributed by atoms with E-state index in [1.807, 2.05) is 60.8 Å². The van der Waals surface area contributed by atoms with E-state index in [2.05, 4.69) is 29.2 Å². The highest BCUT2D eigenvalue weighted by molar-refractivity contribution is 5.93. The summed E-state index contributed by atoms with van der Waals surface area (Å²) in [6.07, 6.45) is 2.71. The van der Waals surface area contributed by atoms with Crippen molar-refractivity contribution in [1.82, 2.24) is 20.1 Å². The third-order valence-electron chi connectivity index (χ3n) is 5.21. The maximum Gasteiger partial charge on any atom is 0.270 e. The summed E-state index contributed by atoms with van der Waals surface area (Å²) in [5.74, 6) is 0.929. The van der Waals surface area contributed by atoms with E-state index < -0.39 is 0 Å². The third-order valence-corrected chi connectivity index (χ3v) is 5.21. The van der Waals surface area contributed by atoms with E-state index in [4.69, 9.17) is 4.74 Å². The molecule has 0 radical (unpaired) electrons.